The smallest absolute Gasteiger partial charge is 0.240 e. The molecule has 2 saturated carbocycles. The van der Waals surface area contributed by atoms with Crippen molar-refractivity contribution in [2.45, 2.75) is 63.3 Å². The minimum absolute atomic E-state index is 0.0179. The summed E-state index contributed by atoms with van der Waals surface area (Å²) >= 11 is 0. The monoisotopic (exact) mass is 296 g/mol. The van der Waals surface area contributed by atoms with Crippen molar-refractivity contribution in [1.29, 1.82) is 5.26 Å². The number of rotatable bonds is 3. The maximum atomic E-state index is 12.5. The number of hydrogen-bond donors (Lipinski definition) is 1. The molecule has 116 valence electrons. The van der Waals surface area contributed by atoms with Crippen LogP contribution < -0.4 is 5.32 Å². The van der Waals surface area contributed by atoms with Gasteiger partial charge in [0, 0.05) is 6.04 Å². The largest absolute Gasteiger partial charge is 0.352 e. The summed E-state index contributed by atoms with van der Waals surface area (Å²) in [5.74, 6) is 0.599. The standard InChI is InChI=1S/C19H24N2O/c20-14-19(12-4-5-13-19)18(22)21-17-10-8-16(9-11-17)15-6-2-1-3-7-15/h1-3,6-7,16-17H,4-5,8-13H2,(H,21,22). The first-order valence-corrected chi connectivity index (χ1v) is 8.51. The van der Waals surface area contributed by atoms with Gasteiger partial charge in [0.1, 0.15) is 5.41 Å². The molecule has 2 aliphatic carbocycles. The molecular formula is C19H24N2O. The third-order valence-electron chi connectivity index (χ3n) is 5.44. The van der Waals surface area contributed by atoms with Crippen molar-refractivity contribution in [2.75, 3.05) is 0 Å². The molecule has 1 N–H and O–H groups in total. The fourth-order valence-corrected chi connectivity index (χ4v) is 3.99. The summed E-state index contributed by atoms with van der Waals surface area (Å²) in [6.07, 6.45) is 7.75. The Hall–Kier alpha value is -1.82. The molecule has 0 spiro atoms. The molecule has 2 fully saturated rings. The number of benzene rings is 1. The predicted octanol–water partition coefficient (Wildman–Crippen LogP) is 3.91. The molecule has 1 aromatic rings. The number of nitrogens with zero attached hydrogens (tertiary/aromatic N) is 1. The van der Waals surface area contributed by atoms with Gasteiger partial charge in [-0.2, -0.15) is 5.26 Å². The first-order valence-electron chi connectivity index (χ1n) is 8.51. The lowest BCUT2D eigenvalue weighted by Gasteiger charge is -2.31. The quantitative estimate of drug-likeness (QED) is 0.919. The molecule has 0 saturated heterocycles. The van der Waals surface area contributed by atoms with Crippen LogP contribution in [-0.4, -0.2) is 11.9 Å². The number of hydrogen-bond acceptors (Lipinski definition) is 2. The topological polar surface area (TPSA) is 52.9 Å². The molecule has 0 unspecified atom stereocenters. The van der Waals surface area contributed by atoms with Crippen LogP contribution in [0.3, 0.4) is 0 Å². The minimum atomic E-state index is -0.740. The van der Waals surface area contributed by atoms with Crippen molar-refractivity contribution in [2.24, 2.45) is 5.41 Å². The molecule has 1 amide bonds. The van der Waals surface area contributed by atoms with E-state index in [4.69, 9.17) is 0 Å². The maximum absolute atomic E-state index is 12.5. The summed E-state index contributed by atoms with van der Waals surface area (Å²) in [7, 11) is 0. The lowest BCUT2D eigenvalue weighted by molar-refractivity contribution is -0.128. The average molecular weight is 296 g/mol. The third kappa shape index (κ3) is 3.02. The van der Waals surface area contributed by atoms with Gasteiger partial charge in [0.2, 0.25) is 5.91 Å². The number of nitrogens with one attached hydrogen (secondary N) is 1. The van der Waals surface area contributed by atoms with Crippen molar-refractivity contribution >= 4 is 5.91 Å². The zero-order valence-electron chi connectivity index (χ0n) is 13.1. The first kappa shape index (κ1) is 15.1. The molecule has 0 atom stereocenters. The lowest BCUT2D eigenvalue weighted by Crippen LogP contribution is -2.45. The van der Waals surface area contributed by atoms with E-state index in [2.05, 4.69) is 41.7 Å². The van der Waals surface area contributed by atoms with Crippen LogP contribution in [0.5, 0.6) is 0 Å². The van der Waals surface area contributed by atoms with Gasteiger partial charge in [-0.25, -0.2) is 0 Å². The van der Waals surface area contributed by atoms with Gasteiger partial charge in [-0.15, -0.1) is 0 Å². The Bertz CT molecular complexity index is 547. The molecule has 3 rings (SSSR count). The van der Waals surface area contributed by atoms with Gasteiger partial charge in [0.25, 0.3) is 0 Å². The second-order valence-electron chi connectivity index (χ2n) is 6.83. The summed E-state index contributed by atoms with van der Waals surface area (Å²) in [6, 6.07) is 13.2. The molecule has 0 heterocycles. The van der Waals surface area contributed by atoms with E-state index in [1.54, 1.807) is 0 Å². The highest BCUT2D eigenvalue weighted by Gasteiger charge is 2.42. The summed E-state index contributed by atoms with van der Waals surface area (Å²) in [6.45, 7) is 0. The van der Waals surface area contributed by atoms with Crippen LogP contribution in [0.2, 0.25) is 0 Å². The Morgan fingerprint density at radius 3 is 2.32 bits per heavy atom. The van der Waals surface area contributed by atoms with Crippen molar-refractivity contribution in [3.05, 3.63) is 35.9 Å². The number of nitriles is 1. The summed E-state index contributed by atoms with van der Waals surface area (Å²) in [5.41, 5.74) is 0.674. The number of carbonyl (C=O) groups is 1. The molecule has 3 heteroatoms. The Morgan fingerprint density at radius 2 is 1.73 bits per heavy atom. The zero-order chi connectivity index (χ0) is 15.4. The van der Waals surface area contributed by atoms with Crippen LogP contribution in [0.15, 0.2) is 30.3 Å². The molecule has 22 heavy (non-hydrogen) atoms. The number of carbonyl (C=O) groups excluding carboxylic acids is 1. The van der Waals surface area contributed by atoms with Gasteiger partial charge < -0.3 is 5.32 Å². The highest BCUT2D eigenvalue weighted by atomic mass is 16.2. The van der Waals surface area contributed by atoms with Gasteiger partial charge in [-0.1, -0.05) is 43.2 Å². The Balaban J connectivity index is 1.54. The van der Waals surface area contributed by atoms with Crippen molar-refractivity contribution in [3.8, 4) is 6.07 Å². The fourth-order valence-electron chi connectivity index (χ4n) is 3.99. The van der Waals surface area contributed by atoms with Crippen molar-refractivity contribution in [1.82, 2.24) is 5.32 Å². The van der Waals surface area contributed by atoms with E-state index in [9.17, 15) is 10.1 Å². The third-order valence-corrected chi connectivity index (χ3v) is 5.44. The molecule has 0 radical (unpaired) electrons. The first-order chi connectivity index (χ1) is 10.7. The summed E-state index contributed by atoms with van der Waals surface area (Å²) in [5, 5.41) is 12.6. The second-order valence-corrected chi connectivity index (χ2v) is 6.83. The van der Waals surface area contributed by atoms with Crippen LogP contribution in [0.1, 0.15) is 62.8 Å². The van der Waals surface area contributed by atoms with E-state index in [1.807, 2.05) is 0 Å². The van der Waals surface area contributed by atoms with E-state index in [0.29, 0.717) is 5.92 Å². The summed E-state index contributed by atoms with van der Waals surface area (Å²) < 4.78 is 0. The Morgan fingerprint density at radius 1 is 1.09 bits per heavy atom. The average Bonchev–Trinajstić information content (AvgIpc) is 3.07. The van der Waals surface area contributed by atoms with Crippen LogP contribution in [-0.2, 0) is 4.79 Å². The van der Waals surface area contributed by atoms with E-state index in [1.165, 1.54) is 5.56 Å². The van der Waals surface area contributed by atoms with E-state index >= 15 is 0 Å². The normalized spacial score (nSPS) is 27.0. The van der Waals surface area contributed by atoms with Crippen LogP contribution in [0.4, 0.5) is 0 Å². The van der Waals surface area contributed by atoms with Crippen LogP contribution >= 0.6 is 0 Å². The summed E-state index contributed by atoms with van der Waals surface area (Å²) in [4.78, 5) is 12.5. The van der Waals surface area contributed by atoms with E-state index in [0.717, 1.165) is 51.4 Å². The molecule has 0 bridgehead atoms. The van der Waals surface area contributed by atoms with Gasteiger partial charge in [-0.3, -0.25) is 4.79 Å². The van der Waals surface area contributed by atoms with Gasteiger partial charge in [0.05, 0.1) is 6.07 Å². The van der Waals surface area contributed by atoms with Gasteiger partial charge in [0.15, 0.2) is 0 Å². The number of amides is 1. The minimum Gasteiger partial charge on any atom is -0.352 e. The van der Waals surface area contributed by atoms with Crippen molar-refractivity contribution in [3.63, 3.8) is 0 Å². The van der Waals surface area contributed by atoms with Crippen LogP contribution in [0, 0.1) is 16.7 Å². The molecule has 0 aliphatic heterocycles. The molecular weight excluding hydrogens is 272 g/mol. The van der Waals surface area contributed by atoms with E-state index in [-0.39, 0.29) is 11.9 Å². The molecule has 3 nitrogen and oxygen atoms in total. The predicted molar refractivity (Wildman–Crippen MR) is 86.1 cm³/mol. The molecule has 1 aromatic carbocycles. The SMILES string of the molecule is N#CC1(C(=O)NC2CCC(c3ccccc3)CC2)CCCC1. The maximum Gasteiger partial charge on any atom is 0.240 e. The fraction of sp³-hybridized carbons (Fsp3) is 0.579. The van der Waals surface area contributed by atoms with Gasteiger partial charge >= 0.3 is 0 Å². The highest BCUT2D eigenvalue weighted by molar-refractivity contribution is 5.86. The highest BCUT2D eigenvalue weighted by Crippen LogP contribution is 2.38. The lowest BCUT2D eigenvalue weighted by atomic mass is 9.81. The molecule has 0 aromatic heterocycles. The van der Waals surface area contributed by atoms with Gasteiger partial charge in [-0.05, 0) is 50.0 Å². The van der Waals surface area contributed by atoms with Crippen molar-refractivity contribution < 1.29 is 4.79 Å². The second kappa shape index (κ2) is 6.52. The Labute approximate surface area is 132 Å². The zero-order valence-corrected chi connectivity index (χ0v) is 13.1. The van der Waals surface area contributed by atoms with E-state index < -0.39 is 5.41 Å². The molecule has 2 aliphatic rings. The Kier molecular flexibility index (Phi) is 4.47. The van der Waals surface area contributed by atoms with Crippen LogP contribution in [0.25, 0.3) is 0 Å².